The zero-order valence-electron chi connectivity index (χ0n) is 10.7. The van der Waals surface area contributed by atoms with Crippen LogP contribution in [0.4, 0.5) is 18.9 Å². The van der Waals surface area contributed by atoms with Gasteiger partial charge in [0, 0.05) is 6.54 Å². The fourth-order valence-corrected chi connectivity index (χ4v) is 1.98. The summed E-state index contributed by atoms with van der Waals surface area (Å²) in [6.07, 6.45) is -2.60. The monoisotopic (exact) mass is 357 g/mol. The molecule has 2 N–H and O–H groups in total. The zero-order chi connectivity index (χ0) is 15.3. The molecule has 0 saturated heterocycles. The molecule has 0 amide bonds. The van der Waals surface area contributed by atoms with Crippen LogP contribution in [-0.4, -0.2) is 33.7 Å². The summed E-state index contributed by atoms with van der Waals surface area (Å²) in [5.41, 5.74) is -0.624. The van der Waals surface area contributed by atoms with Crippen LogP contribution in [0.5, 0.6) is 0 Å². The van der Waals surface area contributed by atoms with E-state index in [2.05, 4.69) is 26.3 Å². The average molecular weight is 358 g/mol. The maximum absolute atomic E-state index is 12.2. The third kappa shape index (κ3) is 5.12. The number of rotatable bonds is 6. The molecule has 0 bridgehead atoms. The van der Waals surface area contributed by atoms with E-state index in [-0.39, 0.29) is 16.7 Å². The van der Waals surface area contributed by atoms with Gasteiger partial charge in [-0.2, -0.15) is 18.3 Å². The number of alkyl halides is 3. The van der Waals surface area contributed by atoms with E-state index in [0.29, 0.717) is 11.1 Å². The van der Waals surface area contributed by atoms with Crippen molar-refractivity contribution in [2.75, 3.05) is 11.9 Å². The van der Waals surface area contributed by atoms with Crippen molar-refractivity contribution in [2.24, 2.45) is 0 Å². The lowest BCUT2D eigenvalue weighted by Gasteiger charge is -2.14. The summed E-state index contributed by atoms with van der Waals surface area (Å²) in [7, 11) is 0. The smallest absolute Gasteiger partial charge is 0.391 e. The van der Waals surface area contributed by atoms with Crippen LogP contribution in [0, 0.1) is 0 Å². The number of nitrogens with zero attached hydrogens (tertiary/aromatic N) is 2. The molecule has 0 aromatic carbocycles. The van der Waals surface area contributed by atoms with E-state index in [1.807, 2.05) is 6.92 Å². The molecule has 20 heavy (non-hydrogen) atoms. The van der Waals surface area contributed by atoms with E-state index < -0.39 is 24.4 Å². The van der Waals surface area contributed by atoms with Gasteiger partial charge in [0.2, 0.25) is 0 Å². The third-order valence-corrected chi connectivity index (χ3v) is 3.23. The number of anilines is 1. The first kappa shape index (κ1) is 17.0. The lowest BCUT2D eigenvalue weighted by molar-refractivity contribution is -0.143. The fraction of sp³-hybridized carbons (Fsp3) is 0.636. The number of halogens is 4. The van der Waals surface area contributed by atoms with Crippen LogP contribution in [0.15, 0.2) is 15.5 Å². The molecule has 0 saturated carbocycles. The number of hydrogen-bond donors (Lipinski definition) is 2. The van der Waals surface area contributed by atoms with Gasteiger partial charge in [0.1, 0.15) is 11.0 Å². The van der Waals surface area contributed by atoms with E-state index in [1.54, 1.807) is 0 Å². The molecule has 0 spiro atoms. The quantitative estimate of drug-likeness (QED) is 0.818. The summed E-state index contributed by atoms with van der Waals surface area (Å²) in [5.74, 6) is 0. The number of aliphatic hydroxyl groups excluding tert-OH is 1. The van der Waals surface area contributed by atoms with Gasteiger partial charge in [-0.05, 0) is 22.4 Å². The number of aliphatic hydroxyl groups is 1. The Balaban J connectivity index is 2.82. The predicted molar refractivity (Wildman–Crippen MR) is 71.7 cm³/mol. The van der Waals surface area contributed by atoms with Gasteiger partial charge in [-0.1, -0.05) is 13.3 Å². The van der Waals surface area contributed by atoms with Crippen molar-refractivity contribution in [3.63, 3.8) is 0 Å². The van der Waals surface area contributed by atoms with Gasteiger partial charge in [-0.3, -0.25) is 4.79 Å². The highest BCUT2D eigenvalue weighted by Crippen LogP contribution is 2.19. The first-order chi connectivity index (χ1) is 9.24. The lowest BCUT2D eigenvalue weighted by Crippen LogP contribution is -2.31. The van der Waals surface area contributed by atoms with Crippen LogP contribution in [-0.2, 0) is 6.54 Å². The Kier molecular flexibility index (Phi) is 6.00. The third-order valence-electron chi connectivity index (χ3n) is 2.46. The summed E-state index contributed by atoms with van der Waals surface area (Å²) in [6, 6.07) is 0. The van der Waals surface area contributed by atoms with Gasteiger partial charge in [-0.15, -0.1) is 0 Å². The van der Waals surface area contributed by atoms with Crippen molar-refractivity contribution in [3.05, 3.63) is 21.0 Å². The van der Waals surface area contributed by atoms with E-state index in [9.17, 15) is 23.1 Å². The Morgan fingerprint density at radius 2 is 2.20 bits per heavy atom. The maximum Gasteiger partial charge on any atom is 0.408 e. The van der Waals surface area contributed by atoms with Crippen LogP contribution in [0.25, 0.3) is 0 Å². The number of aromatic nitrogens is 2. The molecule has 1 rings (SSSR count). The van der Waals surface area contributed by atoms with Gasteiger partial charge < -0.3 is 10.4 Å². The molecule has 0 aliphatic heterocycles. The Labute approximate surface area is 121 Å². The number of hydrogen-bond acceptors (Lipinski definition) is 4. The van der Waals surface area contributed by atoms with Crippen LogP contribution in [0.1, 0.15) is 19.8 Å². The highest BCUT2D eigenvalue weighted by Gasteiger charge is 2.29. The Hall–Kier alpha value is -1.09. The zero-order valence-corrected chi connectivity index (χ0v) is 12.3. The first-order valence-electron chi connectivity index (χ1n) is 5.99. The SMILES string of the molecule is CCCC(O)CNc1cnn(CC(F)(F)F)c(=O)c1Br. The molecular weight excluding hydrogens is 343 g/mol. The van der Waals surface area contributed by atoms with Crippen molar-refractivity contribution in [1.29, 1.82) is 0 Å². The lowest BCUT2D eigenvalue weighted by atomic mass is 10.2. The summed E-state index contributed by atoms with van der Waals surface area (Å²) in [6.45, 7) is 0.666. The molecule has 1 aromatic rings. The van der Waals surface area contributed by atoms with Crippen LogP contribution in [0.3, 0.4) is 0 Å². The van der Waals surface area contributed by atoms with Gasteiger partial charge in [0.25, 0.3) is 5.56 Å². The first-order valence-corrected chi connectivity index (χ1v) is 6.78. The molecule has 0 radical (unpaired) electrons. The second-order valence-corrected chi connectivity index (χ2v) is 5.07. The van der Waals surface area contributed by atoms with Gasteiger partial charge in [0.15, 0.2) is 0 Å². The van der Waals surface area contributed by atoms with Crippen LogP contribution < -0.4 is 10.9 Å². The topological polar surface area (TPSA) is 67.2 Å². The highest BCUT2D eigenvalue weighted by molar-refractivity contribution is 9.10. The molecule has 1 heterocycles. The van der Waals surface area contributed by atoms with Crippen LogP contribution >= 0.6 is 15.9 Å². The summed E-state index contributed by atoms with van der Waals surface area (Å²) in [4.78, 5) is 11.7. The van der Waals surface area contributed by atoms with Gasteiger partial charge in [0.05, 0.1) is 18.0 Å². The second-order valence-electron chi connectivity index (χ2n) is 4.27. The molecule has 9 heteroatoms. The fourth-order valence-electron chi connectivity index (χ4n) is 1.53. The summed E-state index contributed by atoms with van der Waals surface area (Å²) >= 11 is 2.94. The van der Waals surface area contributed by atoms with E-state index >= 15 is 0 Å². The minimum Gasteiger partial charge on any atom is -0.391 e. The molecule has 114 valence electrons. The van der Waals surface area contributed by atoms with Crippen molar-refractivity contribution < 1.29 is 18.3 Å². The van der Waals surface area contributed by atoms with Crippen molar-refractivity contribution in [1.82, 2.24) is 9.78 Å². The van der Waals surface area contributed by atoms with E-state index in [1.165, 1.54) is 0 Å². The minimum absolute atomic E-state index is 0.0413. The second kappa shape index (κ2) is 7.07. The summed E-state index contributed by atoms with van der Waals surface area (Å²) < 4.78 is 37.0. The Morgan fingerprint density at radius 3 is 2.75 bits per heavy atom. The average Bonchev–Trinajstić information content (AvgIpc) is 2.33. The van der Waals surface area contributed by atoms with Crippen molar-refractivity contribution >= 4 is 21.6 Å². The molecule has 0 fully saturated rings. The molecule has 1 unspecified atom stereocenters. The normalized spacial score (nSPS) is 13.3. The largest absolute Gasteiger partial charge is 0.408 e. The minimum atomic E-state index is -4.51. The highest BCUT2D eigenvalue weighted by atomic mass is 79.9. The van der Waals surface area contributed by atoms with Crippen molar-refractivity contribution in [2.45, 2.75) is 38.6 Å². The maximum atomic E-state index is 12.2. The molecule has 0 aliphatic rings. The molecule has 1 atom stereocenters. The van der Waals surface area contributed by atoms with E-state index in [0.717, 1.165) is 12.6 Å². The summed E-state index contributed by atoms with van der Waals surface area (Å²) in [5, 5.41) is 15.8. The number of nitrogens with one attached hydrogen (secondary N) is 1. The molecular formula is C11H15BrF3N3O2. The van der Waals surface area contributed by atoms with Gasteiger partial charge in [-0.25, -0.2) is 4.68 Å². The van der Waals surface area contributed by atoms with Crippen LogP contribution in [0.2, 0.25) is 0 Å². The molecule has 5 nitrogen and oxygen atoms in total. The molecule has 1 aromatic heterocycles. The Morgan fingerprint density at radius 1 is 1.55 bits per heavy atom. The molecule has 0 aliphatic carbocycles. The van der Waals surface area contributed by atoms with Crippen molar-refractivity contribution in [3.8, 4) is 0 Å². The van der Waals surface area contributed by atoms with Gasteiger partial charge >= 0.3 is 6.18 Å². The standard InChI is InChI=1S/C11H15BrF3N3O2/c1-2-3-7(19)4-16-8-5-17-18(6-11(13,14)15)10(20)9(8)12/h5,7,16,19H,2-4,6H2,1H3. The predicted octanol–water partition coefficient (Wildman–Crippen LogP) is 2.14. The van der Waals surface area contributed by atoms with E-state index in [4.69, 9.17) is 0 Å². The Bertz CT molecular complexity index is 505.